The van der Waals surface area contributed by atoms with Gasteiger partial charge in [-0.2, -0.15) is 11.8 Å². The molecule has 2 N–H and O–H groups in total. The highest BCUT2D eigenvalue weighted by Crippen LogP contribution is 2.25. The predicted octanol–water partition coefficient (Wildman–Crippen LogP) is 1.99. The number of nitrogens with zero attached hydrogens (tertiary/aromatic N) is 1. The van der Waals surface area contributed by atoms with Crippen LogP contribution in [0.25, 0.3) is 0 Å². The van der Waals surface area contributed by atoms with Gasteiger partial charge in [-0.25, -0.2) is 0 Å². The molecule has 1 rings (SSSR count). The molecule has 0 bridgehead atoms. The SMILES string of the molecule is CC(C)C1CN(C(=O)C(C)C(C)N)CCS1.Cl. The molecule has 1 aliphatic heterocycles. The van der Waals surface area contributed by atoms with E-state index in [1.54, 1.807) is 0 Å². The highest BCUT2D eigenvalue weighted by molar-refractivity contribution is 8.00. The number of amides is 1. The quantitative estimate of drug-likeness (QED) is 0.860. The second kappa shape index (κ2) is 7.49. The van der Waals surface area contributed by atoms with Gasteiger partial charge >= 0.3 is 0 Å². The van der Waals surface area contributed by atoms with Crippen LogP contribution in [-0.2, 0) is 4.79 Å². The van der Waals surface area contributed by atoms with Gasteiger partial charge in [0.25, 0.3) is 0 Å². The van der Waals surface area contributed by atoms with Crippen molar-refractivity contribution in [3.05, 3.63) is 0 Å². The smallest absolute Gasteiger partial charge is 0.227 e. The summed E-state index contributed by atoms with van der Waals surface area (Å²) in [6.45, 7) is 10.0. The van der Waals surface area contributed by atoms with E-state index in [2.05, 4.69) is 13.8 Å². The van der Waals surface area contributed by atoms with Crippen LogP contribution in [0.4, 0.5) is 0 Å². The van der Waals surface area contributed by atoms with E-state index in [4.69, 9.17) is 5.73 Å². The number of carbonyl (C=O) groups is 1. The van der Waals surface area contributed by atoms with Gasteiger partial charge < -0.3 is 10.6 Å². The Morgan fingerprint density at radius 2 is 1.94 bits per heavy atom. The maximum absolute atomic E-state index is 12.1. The van der Waals surface area contributed by atoms with Crippen LogP contribution in [-0.4, -0.2) is 40.9 Å². The van der Waals surface area contributed by atoms with Crippen molar-refractivity contribution in [3.8, 4) is 0 Å². The van der Waals surface area contributed by atoms with Crippen LogP contribution in [0, 0.1) is 11.8 Å². The number of nitrogens with two attached hydrogens (primary N) is 1. The summed E-state index contributed by atoms with van der Waals surface area (Å²) in [6, 6.07) is -0.0559. The summed E-state index contributed by atoms with van der Waals surface area (Å²) < 4.78 is 0. The molecule has 0 aliphatic carbocycles. The highest BCUT2D eigenvalue weighted by atomic mass is 35.5. The monoisotopic (exact) mass is 280 g/mol. The van der Waals surface area contributed by atoms with E-state index in [-0.39, 0.29) is 30.3 Å². The summed E-state index contributed by atoms with van der Waals surface area (Å²) in [5.74, 6) is 1.85. The Morgan fingerprint density at radius 1 is 1.35 bits per heavy atom. The molecular weight excluding hydrogens is 256 g/mol. The van der Waals surface area contributed by atoms with Crippen LogP contribution in [0.3, 0.4) is 0 Å². The van der Waals surface area contributed by atoms with Crippen molar-refractivity contribution in [3.63, 3.8) is 0 Å². The van der Waals surface area contributed by atoms with E-state index >= 15 is 0 Å². The van der Waals surface area contributed by atoms with Crippen molar-refractivity contribution in [2.24, 2.45) is 17.6 Å². The molecule has 1 amide bonds. The average molecular weight is 281 g/mol. The Balaban J connectivity index is 0.00000256. The van der Waals surface area contributed by atoms with Gasteiger partial charge in [0.15, 0.2) is 0 Å². The largest absolute Gasteiger partial charge is 0.340 e. The Labute approximate surface area is 115 Å². The van der Waals surface area contributed by atoms with Crippen LogP contribution in [0.1, 0.15) is 27.7 Å². The van der Waals surface area contributed by atoms with Crippen molar-refractivity contribution in [2.45, 2.75) is 39.0 Å². The molecule has 0 aromatic rings. The molecule has 1 heterocycles. The Hall–Kier alpha value is 0.0700. The third-order valence-corrected chi connectivity index (χ3v) is 4.87. The van der Waals surface area contributed by atoms with Crippen molar-refractivity contribution in [2.75, 3.05) is 18.8 Å². The molecule has 0 aromatic heterocycles. The molecule has 17 heavy (non-hydrogen) atoms. The lowest BCUT2D eigenvalue weighted by Gasteiger charge is -2.36. The maximum atomic E-state index is 12.1. The lowest BCUT2D eigenvalue weighted by molar-refractivity contribution is -0.135. The van der Waals surface area contributed by atoms with Gasteiger partial charge in [-0.1, -0.05) is 20.8 Å². The number of hydrogen-bond acceptors (Lipinski definition) is 3. The number of halogens is 1. The lowest BCUT2D eigenvalue weighted by atomic mass is 10.0. The summed E-state index contributed by atoms with van der Waals surface area (Å²) in [4.78, 5) is 14.1. The summed E-state index contributed by atoms with van der Waals surface area (Å²) >= 11 is 1.99. The molecule has 1 fully saturated rings. The van der Waals surface area contributed by atoms with E-state index in [1.165, 1.54) is 0 Å². The zero-order valence-electron chi connectivity index (χ0n) is 11.2. The molecule has 0 spiro atoms. The summed E-state index contributed by atoms with van der Waals surface area (Å²) in [5, 5.41) is 0.581. The Morgan fingerprint density at radius 3 is 2.41 bits per heavy atom. The number of hydrogen-bond donors (Lipinski definition) is 1. The van der Waals surface area contributed by atoms with Crippen molar-refractivity contribution in [1.29, 1.82) is 0 Å². The number of carbonyl (C=O) groups excluding carboxylic acids is 1. The zero-order valence-corrected chi connectivity index (χ0v) is 12.8. The zero-order chi connectivity index (χ0) is 12.3. The molecule has 5 heteroatoms. The third-order valence-electron chi connectivity index (χ3n) is 3.33. The topological polar surface area (TPSA) is 46.3 Å². The summed E-state index contributed by atoms with van der Waals surface area (Å²) in [6.07, 6.45) is 0. The van der Waals surface area contributed by atoms with Crippen molar-refractivity contribution < 1.29 is 4.79 Å². The highest BCUT2D eigenvalue weighted by Gasteiger charge is 2.29. The Bertz CT molecular complexity index is 249. The summed E-state index contributed by atoms with van der Waals surface area (Å²) in [7, 11) is 0. The fourth-order valence-electron chi connectivity index (χ4n) is 1.79. The molecule has 3 atom stereocenters. The van der Waals surface area contributed by atoms with E-state index in [9.17, 15) is 4.79 Å². The van der Waals surface area contributed by atoms with Gasteiger partial charge in [0.1, 0.15) is 0 Å². The van der Waals surface area contributed by atoms with Gasteiger partial charge in [0.2, 0.25) is 5.91 Å². The minimum absolute atomic E-state index is 0. The predicted molar refractivity (Wildman–Crippen MR) is 77.7 cm³/mol. The normalized spacial score (nSPS) is 24.1. The van der Waals surface area contributed by atoms with E-state index in [1.807, 2.05) is 30.5 Å². The van der Waals surface area contributed by atoms with Crippen LogP contribution < -0.4 is 5.73 Å². The van der Waals surface area contributed by atoms with Crippen LogP contribution in [0.2, 0.25) is 0 Å². The standard InChI is InChI=1S/C12H24N2OS.ClH/c1-8(2)11-7-14(5-6-16-11)12(15)9(3)10(4)13;/h8-11H,5-7,13H2,1-4H3;1H. The second-order valence-corrected chi connectivity index (χ2v) is 6.43. The first-order valence-electron chi connectivity index (χ1n) is 6.09. The molecule has 0 radical (unpaired) electrons. The average Bonchev–Trinajstić information content (AvgIpc) is 2.27. The molecule has 1 saturated heterocycles. The maximum Gasteiger partial charge on any atom is 0.227 e. The summed E-state index contributed by atoms with van der Waals surface area (Å²) in [5.41, 5.74) is 5.79. The first-order valence-corrected chi connectivity index (χ1v) is 7.14. The van der Waals surface area contributed by atoms with E-state index < -0.39 is 0 Å². The first kappa shape index (κ1) is 17.1. The minimum atomic E-state index is -0.0593. The van der Waals surface area contributed by atoms with Gasteiger partial charge in [-0.3, -0.25) is 4.79 Å². The van der Waals surface area contributed by atoms with Gasteiger partial charge in [0.05, 0.1) is 5.92 Å². The minimum Gasteiger partial charge on any atom is -0.340 e. The van der Waals surface area contributed by atoms with Crippen molar-refractivity contribution in [1.82, 2.24) is 4.90 Å². The molecule has 3 unspecified atom stereocenters. The van der Waals surface area contributed by atoms with Crippen molar-refractivity contribution >= 4 is 30.1 Å². The van der Waals surface area contributed by atoms with E-state index in [0.717, 1.165) is 18.8 Å². The molecule has 102 valence electrons. The number of rotatable bonds is 3. The van der Waals surface area contributed by atoms with Crippen LogP contribution >= 0.6 is 24.2 Å². The molecular formula is C12H25ClN2OS. The third kappa shape index (κ3) is 4.68. The lowest BCUT2D eigenvalue weighted by Crippen LogP contribution is -2.48. The Kier molecular flexibility index (Phi) is 7.52. The fraction of sp³-hybridized carbons (Fsp3) is 0.917. The van der Waals surface area contributed by atoms with Crippen LogP contribution in [0.15, 0.2) is 0 Å². The number of thioether (sulfide) groups is 1. The van der Waals surface area contributed by atoms with Crippen LogP contribution in [0.5, 0.6) is 0 Å². The van der Waals surface area contributed by atoms with Gasteiger partial charge in [0, 0.05) is 30.1 Å². The van der Waals surface area contributed by atoms with E-state index in [0.29, 0.717) is 11.2 Å². The molecule has 0 saturated carbocycles. The van der Waals surface area contributed by atoms with Gasteiger partial charge in [-0.15, -0.1) is 12.4 Å². The van der Waals surface area contributed by atoms with Gasteiger partial charge in [-0.05, 0) is 12.8 Å². The molecule has 1 aliphatic rings. The molecule has 3 nitrogen and oxygen atoms in total. The first-order chi connectivity index (χ1) is 7.43. The second-order valence-electron chi connectivity index (χ2n) is 5.09. The fourth-order valence-corrected chi connectivity index (χ4v) is 3.09. The molecule has 0 aromatic carbocycles.